The molecule has 0 amide bonds. The number of halogens is 2. The van der Waals surface area contributed by atoms with Crippen LogP contribution in [0.1, 0.15) is 20.8 Å². The molecule has 190 valence electrons. The van der Waals surface area contributed by atoms with Crippen molar-refractivity contribution in [2.24, 2.45) is 0 Å². The summed E-state index contributed by atoms with van der Waals surface area (Å²) in [4.78, 5) is 4.68. The highest BCUT2D eigenvalue weighted by Crippen LogP contribution is 2.44. The molecule has 2 aromatic heterocycles. The first-order valence-electron chi connectivity index (χ1n) is 10.8. The molecule has 0 saturated heterocycles. The molecule has 4 aromatic rings. The average Bonchev–Trinajstić information content (AvgIpc) is 3.16. The zero-order valence-electron chi connectivity index (χ0n) is 20.2. The minimum atomic E-state index is -4.10. The van der Waals surface area contributed by atoms with E-state index < -0.39 is 29.7 Å². The smallest absolute Gasteiger partial charge is 0.246 e. The Balaban J connectivity index is 2.19. The van der Waals surface area contributed by atoms with Gasteiger partial charge in [-0.15, -0.1) is 0 Å². The summed E-state index contributed by atoms with van der Waals surface area (Å²) >= 11 is 12.6. The Labute approximate surface area is 220 Å². The summed E-state index contributed by atoms with van der Waals surface area (Å²) in [6, 6.07) is 15.8. The molecule has 0 bridgehead atoms. The molecule has 36 heavy (non-hydrogen) atoms. The van der Waals surface area contributed by atoms with E-state index in [0.717, 1.165) is 16.1 Å². The molecular formula is C25H24Cl2N2O5S2. The van der Waals surface area contributed by atoms with Crippen LogP contribution >= 0.6 is 23.2 Å². The average molecular weight is 568 g/mol. The van der Waals surface area contributed by atoms with Gasteiger partial charge >= 0.3 is 0 Å². The fraction of sp³-hybridized carbons (Fsp3) is 0.240. The molecular weight excluding hydrogens is 543 g/mol. The third-order valence-corrected chi connectivity index (χ3v) is 9.91. The van der Waals surface area contributed by atoms with Crippen LogP contribution in [0.5, 0.6) is 0 Å². The predicted molar refractivity (Wildman–Crippen MR) is 145 cm³/mol. The Morgan fingerprint density at radius 1 is 0.917 bits per heavy atom. The third-order valence-electron chi connectivity index (χ3n) is 5.77. The van der Waals surface area contributed by atoms with Crippen LogP contribution in [0.15, 0.2) is 64.1 Å². The van der Waals surface area contributed by atoms with Gasteiger partial charge in [0, 0.05) is 28.2 Å². The van der Waals surface area contributed by atoms with Crippen LogP contribution in [0, 0.1) is 0 Å². The van der Waals surface area contributed by atoms with Gasteiger partial charge in [0.2, 0.25) is 30.7 Å². The van der Waals surface area contributed by atoms with Gasteiger partial charge in [0.25, 0.3) is 0 Å². The number of benzene rings is 2. The highest BCUT2D eigenvalue weighted by Gasteiger charge is 2.40. The number of hydrogen-bond acceptors (Lipinski definition) is 6. The lowest BCUT2D eigenvalue weighted by atomic mass is 9.98. The van der Waals surface area contributed by atoms with E-state index in [-0.39, 0.29) is 16.8 Å². The fourth-order valence-corrected chi connectivity index (χ4v) is 5.79. The number of furan rings is 1. The number of pyridine rings is 1. The summed E-state index contributed by atoms with van der Waals surface area (Å²) in [6.07, 6.45) is 0.991. The molecule has 4 rings (SSSR count). The summed E-state index contributed by atoms with van der Waals surface area (Å²) in [5, 5.41) is 0.726. The Bertz CT molecular complexity index is 1690. The molecule has 0 radical (unpaired) electrons. The largest absolute Gasteiger partial charge is 0.424 e. The van der Waals surface area contributed by atoms with Crippen molar-refractivity contribution in [2.45, 2.75) is 30.6 Å². The number of sulfonamides is 1. The molecule has 11 heteroatoms. The van der Waals surface area contributed by atoms with E-state index in [1.165, 1.54) is 27.8 Å². The Kier molecular flexibility index (Phi) is 6.66. The maximum Gasteiger partial charge on any atom is 0.246 e. The lowest BCUT2D eigenvalue weighted by molar-refractivity contribution is 0.463. The monoisotopic (exact) mass is 566 g/mol. The van der Waals surface area contributed by atoms with Crippen LogP contribution in [0.3, 0.4) is 0 Å². The number of fused-ring (bicyclic) bond motifs is 1. The van der Waals surface area contributed by atoms with Crippen molar-refractivity contribution >= 4 is 59.8 Å². The maximum absolute atomic E-state index is 13.5. The maximum atomic E-state index is 13.5. The zero-order valence-corrected chi connectivity index (χ0v) is 23.3. The van der Waals surface area contributed by atoms with Crippen LogP contribution in [0.25, 0.3) is 33.5 Å². The van der Waals surface area contributed by atoms with Crippen molar-refractivity contribution in [1.29, 1.82) is 0 Å². The molecule has 0 spiro atoms. The van der Waals surface area contributed by atoms with Crippen LogP contribution in [-0.2, 0) is 19.9 Å². The van der Waals surface area contributed by atoms with Gasteiger partial charge in [0.05, 0.1) is 22.1 Å². The molecule has 2 heterocycles. The van der Waals surface area contributed by atoms with Gasteiger partial charge in [0.1, 0.15) is 5.69 Å². The van der Waals surface area contributed by atoms with Gasteiger partial charge in [-0.05, 0) is 50.6 Å². The van der Waals surface area contributed by atoms with E-state index in [2.05, 4.69) is 4.98 Å². The van der Waals surface area contributed by atoms with Crippen LogP contribution < -0.4 is 4.31 Å². The van der Waals surface area contributed by atoms with Crippen molar-refractivity contribution in [3.8, 4) is 22.4 Å². The van der Waals surface area contributed by atoms with Gasteiger partial charge in [-0.3, -0.25) is 4.31 Å². The first-order valence-corrected chi connectivity index (χ1v) is 14.9. The van der Waals surface area contributed by atoms with E-state index in [0.29, 0.717) is 26.9 Å². The molecule has 0 aliphatic heterocycles. The number of sulfone groups is 1. The van der Waals surface area contributed by atoms with E-state index in [1.54, 1.807) is 54.6 Å². The van der Waals surface area contributed by atoms with Gasteiger partial charge in [0.15, 0.2) is 0 Å². The highest BCUT2D eigenvalue weighted by atomic mass is 35.5. The summed E-state index contributed by atoms with van der Waals surface area (Å²) in [7, 11) is -6.67. The first-order chi connectivity index (χ1) is 16.6. The highest BCUT2D eigenvalue weighted by molar-refractivity contribution is 7.93. The van der Waals surface area contributed by atoms with Crippen molar-refractivity contribution in [2.75, 3.05) is 17.6 Å². The second-order valence-electron chi connectivity index (χ2n) is 9.31. The van der Waals surface area contributed by atoms with E-state index >= 15 is 0 Å². The van der Waals surface area contributed by atoms with Crippen molar-refractivity contribution < 1.29 is 21.3 Å². The molecule has 0 N–H and O–H groups in total. The molecule has 2 aromatic carbocycles. The van der Waals surface area contributed by atoms with Crippen molar-refractivity contribution in [3.05, 3.63) is 64.6 Å². The zero-order chi connectivity index (χ0) is 26.6. The molecule has 0 unspecified atom stereocenters. The lowest BCUT2D eigenvalue weighted by Gasteiger charge is -2.21. The molecule has 7 nitrogen and oxygen atoms in total. The number of nitrogens with zero attached hydrogens (tertiary/aromatic N) is 2. The molecule has 0 fully saturated rings. The van der Waals surface area contributed by atoms with Gasteiger partial charge in [-0.25, -0.2) is 21.8 Å². The molecule has 0 aliphatic rings. The third kappa shape index (κ3) is 4.61. The van der Waals surface area contributed by atoms with E-state index in [9.17, 15) is 16.8 Å². The van der Waals surface area contributed by atoms with Crippen LogP contribution in [0.2, 0.25) is 10.0 Å². The number of rotatable bonds is 5. The number of anilines is 1. The Morgan fingerprint density at radius 3 is 2.08 bits per heavy atom. The van der Waals surface area contributed by atoms with Crippen LogP contribution in [0.4, 0.5) is 5.69 Å². The van der Waals surface area contributed by atoms with Crippen molar-refractivity contribution in [1.82, 2.24) is 4.98 Å². The lowest BCUT2D eigenvalue weighted by Crippen LogP contribution is -2.31. The van der Waals surface area contributed by atoms with Gasteiger partial charge in [-0.2, -0.15) is 0 Å². The normalized spacial score (nSPS) is 12.8. The predicted octanol–water partition coefficient (Wildman–Crippen LogP) is 6.44. The standard InChI is InChI=1S/C25H24Cl2N2O5S2/c1-25(2,3)36(32,33)24-22(29(4)35(5,30)31)19-14-18(15-10-12-16(26)13-11-15)21(28-23(19)34-24)17-8-6-7-9-20(17)27/h6-14H,1-5H3. The Hall–Kier alpha value is -2.59. The topological polar surface area (TPSA) is 97.6 Å². The Morgan fingerprint density at radius 2 is 1.53 bits per heavy atom. The summed E-state index contributed by atoms with van der Waals surface area (Å²) in [6.45, 7) is 4.55. The van der Waals surface area contributed by atoms with Crippen LogP contribution in [-0.4, -0.2) is 39.9 Å². The number of aromatic nitrogens is 1. The fourth-order valence-electron chi connectivity index (χ4n) is 3.62. The SMILES string of the molecule is CN(c1c(S(=O)(=O)C(C)(C)C)oc2nc(-c3ccccc3Cl)c(-c3ccc(Cl)cc3)cc12)S(C)(=O)=O. The van der Waals surface area contributed by atoms with E-state index in [4.69, 9.17) is 27.6 Å². The van der Waals surface area contributed by atoms with Crippen molar-refractivity contribution in [3.63, 3.8) is 0 Å². The summed E-state index contributed by atoms with van der Waals surface area (Å²) in [5.74, 6) is 0. The second kappa shape index (κ2) is 9.06. The molecule has 0 atom stereocenters. The van der Waals surface area contributed by atoms with Gasteiger partial charge in [-0.1, -0.05) is 53.5 Å². The quantitative estimate of drug-likeness (QED) is 0.276. The minimum Gasteiger partial charge on any atom is -0.424 e. The number of hydrogen-bond donors (Lipinski definition) is 0. The first kappa shape index (κ1) is 26.5. The minimum absolute atomic E-state index is 0.0315. The van der Waals surface area contributed by atoms with E-state index in [1.807, 2.05) is 0 Å². The molecule has 0 saturated carbocycles. The summed E-state index contributed by atoms with van der Waals surface area (Å²) < 4.78 is 57.6. The molecule has 0 aliphatic carbocycles. The summed E-state index contributed by atoms with van der Waals surface area (Å²) in [5.41, 5.74) is 2.22. The second-order valence-corrected chi connectivity index (χ2v) is 14.8. The van der Waals surface area contributed by atoms with Gasteiger partial charge < -0.3 is 4.42 Å².